The molecule has 0 unspecified atom stereocenters. The summed E-state index contributed by atoms with van der Waals surface area (Å²) < 4.78 is 0. The smallest absolute Gasteiger partial charge is 0.248 e. The maximum atomic E-state index is 11.0. The fourth-order valence-corrected chi connectivity index (χ4v) is 2.35. The van der Waals surface area contributed by atoms with Gasteiger partial charge < -0.3 is 10.8 Å². The number of nitrogens with zero attached hydrogens (tertiary/aromatic N) is 2. The van der Waals surface area contributed by atoms with Gasteiger partial charge in [0.25, 0.3) is 0 Å². The maximum absolute atomic E-state index is 11.0. The highest BCUT2D eigenvalue weighted by atomic mass is 16.3. The van der Waals surface area contributed by atoms with E-state index in [0.29, 0.717) is 5.56 Å². The van der Waals surface area contributed by atoms with Crippen molar-refractivity contribution in [2.45, 2.75) is 6.54 Å². The van der Waals surface area contributed by atoms with Crippen molar-refractivity contribution in [3.63, 3.8) is 0 Å². The van der Waals surface area contributed by atoms with Crippen molar-refractivity contribution in [1.82, 2.24) is 9.80 Å². The molecule has 5 nitrogen and oxygen atoms in total. The van der Waals surface area contributed by atoms with E-state index in [0.717, 1.165) is 39.3 Å². The summed E-state index contributed by atoms with van der Waals surface area (Å²) in [5.41, 5.74) is 6.96. The summed E-state index contributed by atoms with van der Waals surface area (Å²) in [4.78, 5) is 15.6. The van der Waals surface area contributed by atoms with Gasteiger partial charge in [-0.25, -0.2) is 0 Å². The fourth-order valence-electron chi connectivity index (χ4n) is 2.35. The molecule has 1 amide bonds. The van der Waals surface area contributed by atoms with Crippen LogP contribution in [-0.4, -0.2) is 60.1 Å². The van der Waals surface area contributed by atoms with Crippen molar-refractivity contribution in [3.05, 3.63) is 35.4 Å². The van der Waals surface area contributed by atoms with Crippen molar-refractivity contribution in [2.75, 3.05) is 39.3 Å². The summed E-state index contributed by atoms with van der Waals surface area (Å²) in [6, 6.07) is 7.47. The second-order valence-corrected chi connectivity index (χ2v) is 4.90. The topological polar surface area (TPSA) is 69.8 Å². The minimum atomic E-state index is -0.385. The molecule has 19 heavy (non-hydrogen) atoms. The minimum Gasteiger partial charge on any atom is -0.395 e. The molecule has 1 aromatic carbocycles. The molecular formula is C14H21N3O2. The molecule has 1 aliphatic rings. The summed E-state index contributed by atoms with van der Waals surface area (Å²) in [6.45, 7) is 5.91. The zero-order valence-corrected chi connectivity index (χ0v) is 11.1. The molecule has 3 N–H and O–H groups in total. The SMILES string of the molecule is NC(=O)c1ccc(CN2CCN(CCO)CC2)cc1. The number of benzene rings is 1. The average molecular weight is 263 g/mol. The molecular weight excluding hydrogens is 242 g/mol. The average Bonchev–Trinajstić information content (AvgIpc) is 2.42. The summed E-state index contributed by atoms with van der Waals surface area (Å²) in [5, 5.41) is 8.90. The van der Waals surface area contributed by atoms with Crippen LogP contribution >= 0.6 is 0 Å². The third kappa shape index (κ3) is 4.02. The van der Waals surface area contributed by atoms with Crippen LogP contribution in [0, 0.1) is 0 Å². The van der Waals surface area contributed by atoms with E-state index in [-0.39, 0.29) is 12.5 Å². The Balaban J connectivity index is 1.83. The summed E-state index contributed by atoms with van der Waals surface area (Å²) in [7, 11) is 0. The third-order valence-corrected chi connectivity index (χ3v) is 3.53. The van der Waals surface area contributed by atoms with Crippen LogP contribution in [0.3, 0.4) is 0 Å². The van der Waals surface area contributed by atoms with Crippen LogP contribution in [0.4, 0.5) is 0 Å². The van der Waals surface area contributed by atoms with E-state index < -0.39 is 0 Å². The van der Waals surface area contributed by atoms with Crippen molar-refractivity contribution in [3.8, 4) is 0 Å². The van der Waals surface area contributed by atoms with Gasteiger partial charge in [0.05, 0.1) is 6.61 Å². The first-order chi connectivity index (χ1) is 9.19. The minimum absolute atomic E-state index is 0.231. The van der Waals surface area contributed by atoms with Gasteiger partial charge in [-0.3, -0.25) is 14.6 Å². The van der Waals surface area contributed by atoms with Crippen LogP contribution in [-0.2, 0) is 6.54 Å². The second kappa shape index (κ2) is 6.65. The quantitative estimate of drug-likeness (QED) is 0.778. The molecule has 0 bridgehead atoms. The predicted molar refractivity (Wildman–Crippen MR) is 73.8 cm³/mol. The summed E-state index contributed by atoms with van der Waals surface area (Å²) in [6.07, 6.45) is 0. The highest BCUT2D eigenvalue weighted by Crippen LogP contribution is 2.09. The van der Waals surface area contributed by atoms with Crippen LogP contribution in [0.5, 0.6) is 0 Å². The molecule has 0 radical (unpaired) electrons. The molecule has 0 atom stereocenters. The lowest BCUT2D eigenvalue weighted by Gasteiger charge is -2.34. The van der Waals surface area contributed by atoms with Gasteiger partial charge in [0.1, 0.15) is 0 Å². The molecule has 104 valence electrons. The highest BCUT2D eigenvalue weighted by Gasteiger charge is 2.16. The summed E-state index contributed by atoms with van der Waals surface area (Å²) in [5.74, 6) is -0.385. The van der Waals surface area contributed by atoms with Crippen molar-refractivity contribution < 1.29 is 9.90 Å². The standard InChI is InChI=1S/C14H21N3O2/c15-14(19)13-3-1-12(2-4-13)11-17-7-5-16(6-8-17)9-10-18/h1-4,18H,5-11H2,(H2,15,19). The van der Waals surface area contributed by atoms with Crippen LogP contribution in [0.2, 0.25) is 0 Å². The van der Waals surface area contributed by atoms with Gasteiger partial charge in [0.15, 0.2) is 0 Å². The van der Waals surface area contributed by atoms with Crippen LogP contribution in [0.15, 0.2) is 24.3 Å². The summed E-state index contributed by atoms with van der Waals surface area (Å²) >= 11 is 0. The molecule has 1 fully saturated rings. The lowest BCUT2D eigenvalue weighted by molar-refractivity contribution is 0.1000. The van der Waals surface area contributed by atoms with Crippen molar-refractivity contribution in [2.24, 2.45) is 5.73 Å². The Bertz CT molecular complexity index is 411. The Morgan fingerprint density at radius 3 is 2.21 bits per heavy atom. The number of β-amino-alcohol motifs (C(OH)–C–C–N with tert-alkyl or cyclic N) is 1. The Labute approximate surface area is 113 Å². The number of rotatable bonds is 5. The largest absolute Gasteiger partial charge is 0.395 e. The molecule has 1 aromatic rings. The number of aliphatic hydroxyl groups is 1. The Hall–Kier alpha value is -1.43. The van der Waals surface area contributed by atoms with E-state index in [1.54, 1.807) is 12.1 Å². The van der Waals surface area contributed by atoms with Gasteiger partial charge in [0, 0.05) is 44.8 Å². The first-order valence-corrected chi connectivity index (χ1v) is 6.63. The lowest BCUT2D eigenvalue weighted by Crippen LogP contribution is -2.46. The number of aliphatic hydroxyl groups excluding tert-OH is 1. The molecule has 0 saturated carbocycles. The first-order valence-electron chi connectivity index (χ1n) is 6.63. The van der Waals surface area contributed by atoms with E-state index in [2.05, 4.69) is 9.80 Å². The zero-order chi connectivity index (χ0) is 13.7. The zero-order valence-electron chi connectivity index (χ0n) is 11.1. The number of nitrogens with two attached hydrogens (primary N) is 1. The molecule has 5 heteroatoms. The Morgan fingerprint density at radius 1 is 1.11 bits per heavy atom. The normalized spacial score (nSPS) is 17.5. The molecule has 0 aromatic heterocycles. The number of carbonyl (C=O) groups excluding carboxylic acids is 1. The Kier molecular flexibility index (Phi) is 4.90. The van der Waals surface area contributed by atoms with Gasteiger partial charge in [-0.05, 0) is 17.7 Å². The number of hydrogen-bond donors (Lipinski definition) is 2. The van der Waals surface area contributed by atoms with Crippen LogP contribution in [0.25, 0.3) is 0 Å². The number of piperazine rings is 1. The van der Waals surface area contributed by atoms with E-state index in [9.17, 15) is 4.79 Å². The highest BCUT2D eigenvalue weighted by molar-refractivity contribution is 5.92. The molecule has 1 heterocycles. The van der Waals surface area contributed by atoms with E-state index in [4.69, 9.17) is 10.8 Å². The van der Waals surface area contributed by atoms with E-state index >= 15 is 0 Å². The van der Waals surface area contributed by atoms with Gasteiger partial charge in [-0.2, -0.15) is 0 Å². The second-order valence-electron chi connectivity index (χ2n) is 4.90. The van der Waals surface area contributed by atoms with Gasteiger partial charge in [0.2, 0.25) is 5.91 Å². The monoisotopic (exact) mass is 263 g/mol. The van der Waals surface area contributed by atoms with Gasteiger partial charge in [-0.15, -0.1) is 0 Å². The van der Waals surface area contributed by atoms with E-state index in [1.165, 1.54) is 5.56 Å². The first kappa shape index (κ1) is 14.0. The Morgan fingerprint density at radius 2 is 1.68 bits per heavy atom. The lowest BCUT2D eigenvalue weighted by atomic mass is 10.1. The van der Waals surface area contributed by atoms with Crippen LogP contribution < -0.4 is 5.73 Å². The molecule has 2 rings (SSSR count). The number of hydrogen-bond acceptors (Lipinski definition) is 4. The van der Waals surface area contributed by atoms with Crippen molar-refractivity contribution in [1.29, 1.82) is 0 Å². The molecule has 0 aliphatic carbocycles. The van der Waals surface area contributed by atoms with Crippen LogP contribution in [0.1, 0.15) is 15.9 Å². The van der Waals surface area contributed by atoms with Gasteiger partial charge in [-0.1, -0.05) is 12.1 Å². The number of primary amides is 1. The van der Waals surface area contributed by atoms with E-state index in [1.807, 2.05) is 12.1 Å². The number of amides is 1. The molecule has 1 aliphatic heterocycles. The fraction of sp³-hybridized carbons (Fsp3) is 0.500. The molecule has 0 spiro atoms. The van der Waals surface area contributed by atoms with Gasteiger partial charge >= 0.3 is 0 Å². The number of carbonyl (C=O) groups is 1. The molecule has 1 saturated heterocycles. The maximum Gasteiger partial charge on any atom is 0.248 e. The predicted octanol–water partition coefficient (Wildman–Crippen LogP) is -0.105. The third-order valence-electron chi connectivity index (χ3n) is 3.53. The van der Waals surface area contributed by atoms with Crippen molar-refractivity contribution >= 4 is 5.91 Å².